The van der Waals surface area contributed by atoms with Gasteiger partial charge in [0.05, 0.1) is 6.10 Å². The normalized spacial score (nSPS) is 17.8. The summed E-state index contributed by atoms with van der Waals surface area (Å²) in [6.07, 6.45) is 2.75. The number of hydrogen-bond acceptors (Lipinski definition) is 2. The molecule has 1 aliphatic rings. The molecule has 0 aliphatic carbocycles. The highest BCUT2D eigenvalue weighted by atomic mass is 16.5. The third-order valence-electron chi connectivity index (χ3n) is 3.47. The Morgan fingerprint density at radius 3 is 2.72 bits per heavy atom. The Morgan fingerprint density at radius 1 is 1.28 bits per heavy atom. The zero-order chi connectivity index (χ0) is 12.6. The lowest BCUT2D eigenvalue weighted by molar-refractivity contribution is 0.0344. The average Bonchev–Trinajstić information content (AvgIpc) is 2.45. The lowest BCUT2D eigenvalue weighted by Crippen LogP contribution is -2.34. The number of ether oxygens (including phenoxy) is 1. The number of nitrogens with one attached hydrogen (secondary N) is 1. The molecule has 2 heteroatoms. The molecule has 2 nitrogen and oxygen atoms in total. The molecule has 1 unspecified atom stereocenters. The third-order valence-corrected chi connectivity index (χ3v) is 3.47. The van der Waals surface area contributed by atoms with Gasteiger partial charge in [-0.25, -0.2) is 0 Å². The van der Waals surface area contributed by atoms with E-state index in [4.69, 9.17) is 4.74 Å². The topological polar surface area (TPSA) is 21.3 Å². The van der Waals surface area contributed by atoms with Crippen molar-refractivity contribution in [1.82, 2.24) is 5.32 Å². The van der Waals surface area contributed by atoms with E-state index in [1.165, 1.54) is 12.8 Å². The molecule has 1 aromatic rings. The third kappa shape index (κ3) is 4.18. The first-order chi connectivity index (χ1) is 8.86. The molecule has 1 N–H and O–H groups in total. The molecule has 0 radical (unpaired) electrons. The van der Waals surface area contributed by atoms with Crippen LogP contribution < -0.4 is 5.32 Å². The fourth-order valence-electron chi connectivity index (χ4n) is 2.28. The van der Waals surface area contributed by atoms with Gasteiger partial charge in [-0.1, -0.05) is 30.0 Å². The van der Waals surface area contributed by atoms with Crippen LogP contribution in [0.2, 0.25) is 0 Å². The molecule has 0 bridgehead atoms. The lowest BCUT2D eigenvalue weighted by Gasteiger charge is -2.27. The van der Waals surface area contributed by atoms with Gasteiger partial charge in [-0.3, -0.25) is 0 Å². The van der Waals surface area contributed by atoms with Crippen LogP contribution in [0.25, 0.3) is 0 Å². The first kappa shape index (κ1) is 13.1. The number of rotatable bonds is 3. The van der Waals surface area contributed by atoms with E-state index in [1.54, 1.807) is 0 Å². The summed E-state index contributed by atoms with van der Waals surface area (Å²) in [7, 11) is 0. The van der Waals surface area contributed by atoms with Crippen LogP contribution in [0, 0.1) is 17.8 Å². The molecule has 0 aromatic heterocycles. The molecule has 18 heavy (non-hydrogen) atoms. The summed E-state index contributed by atoms with van der Waals surface area (Å²) in [4.78, 5) is 0. The van der Waals surface area contributed by atoms with E-state index in [0.29, 0.717) is 18.6 Å². The highest BCUT2D eigenvalue weighted by Gasteiger charge is 2.19. The van der Waals surface area contributed by atoms with Crippen molar-refractivity contribution >= 4 is 0 Å². The molecular formula is C16H21NO. The van der Waals surface area contributed by atoms with Crippen LogP contribution in [0.3, 0.4) is 0 Å². The Hall–Kier alpha value is -1.30. The van der Waals surface area contributed by atoms with E-state index in [-0.39, 0.29) is 0 Å². The second-order valence-corrected chi connectivity index (χ2v) is 4.77. The van der Waals surface area contributed by atoms with Crippen LogP contribution in [0.15, 0.2) is 30.3 Å². The summed E-state index contributed by atoms with van der Waals surface area (Å²) in [5, 5.41) is 3.37. The van der Waals surface area contributed by atoms with Gasteiger partial charge < -0.3 is 10.1 Å². The summed E-state index contributed by atoms with van der Waals surface area (Å²) < 4.78 is 5.80. The Balaban J connectivity index is 1.73. The van der Waals surface area contributed by atoms with Gasteiger partial charge in [0.1, 0.15) is 6.61 Å². The second-order valence-electron chi connectivity index (χ2n) is 4.77. The van der Waals surface area contributed by atoms with Gasteiger partial charge in [-0.2, -0.15) is 0 Å². The minimum atomic E-state index is 0.317. The summed E-state index contributed by atoms with van der Waals surface area (Å²) in [6.45, 7) is 4.93. The monoisotopic (exact) mass is 243 g/mol. The first-order valence-corrected chi connectivity index (χ1v) is 6.72. The highest BCUT2D eigenvalue weighted by Crippen LogP contribution is 2.18. The largest absolute Gasteiger partial charge is 0.366 e. The van der Waals surface area contributed by atoms with E-state index in [0.717, 1.165) is 18.7 Å². The molecule has 1 aromatic carbocycles. The van der Waals surface area contributed by atoms with E-state index in [2.05, 4.69) is 24.1 Å². The van der Waals surface area contributed by atoms with Gasteiger partial charge in [0.15, 0.2) is 0 Å². The van der Waals surface area contributed by atoms with Crippen molar-refractivity contribution < 1.29 is 4.74 Å². The molecule has 1 heterocycles. The molecule has 1 atom stereocenters. The Kier molecular flexibility index (Phi) is 5.26. The summed E-state index contributed by atoms with van der Waals surface area (Å²) in [5.74, 6) is 6.88. The van der Waals surface area contributed by atoms with E-state index in [1.807, 2.05) is 30.3 Å². The van der Waals surface area contributed by atoms with Crippen LogP contribution in [-0.4, -0.2) is 25.8 Å². The SMILES string of the molecule is CC(OCC#Cc1ccccc1)C1CCNCC1. The van der Waals surface area contributed by atoms with E-state index in [9.17, 15) is 0 Å². The quantitative estimate of drug-likeness (QED) is 0.823. The maximum absolute atomic E-state index is 5.80. The summed E-state index contributed by atoms with van der Waals surface area (Å²) >= 11 is 0. The Bertz CT molecular complexity index is 398. The van der Waals surface area contributed by atoms with E-state index < -0.39 is 0 Å². The highest BCUT2D eigenvalue weighted by molar-refractivity contribution is 5.33. The summed E-state index contributed by atoms with van der Waals surface area (Å²) in [5.41, 5.74) is 1.05. The number of benzene rings is 1. The Morgan fingerprint density at radius 2 is 2.00 bits per heavy atom. The standard InChI is InChI=1S/C16H21NO/c1-14(16-9-11-17-12-10-16)18-13-5-8-15-6-3-2-4-7-15/h2-4,6-7,14,16-17H,9-13H2,1H3. The van der Waals surface area contributed by atoms with Gasteiger partial charge >= 0.3 is 0 Å². The molecule has 0 saturated carbocycles. The van der Waals surface area contributed by atoms with Crippen molar-refractivity contribution in [3.63, 3.8) is 0 Å². The first-order valence-electron chi connectivity index (χ1n) is 6.72. The zero-order valence-corrected chi connectivity index (χ0v) is 11.0. The van der Waals surface area contributed by atoms with Crippen LogP contribution in [0.1, 0.15) is 25.3 Å². The summed E-state index contributed by atoms with van der Waals surface area (Å²) in [6, 6.07) is 10.0. The molecule has 1 saturated heterocycles. The van der Waals surface area contributed by atoms with Gasteiger partial charge in [0, 0.05) is 5.56 Å². The van der Waals surface area contributed by atoms with Crippen LogP contribution in [0.5, 0.6) is 0 Å². The fraction of sp³-hybridized carbons (Fsp3) is 0.500. The number of hydrogen-bond donors (Lipinski definition) is 1. The molecule has 1 fully saturated rings. The van der Waals surface area contributed by atoms with Crippen LogP contribution in [0.4, 0.5) is 0 Å². The smallest absolute Gasteiger partial charge is 0.108 e. The minimum Gasteiger partial charge on any atom is -0.366 e. The average molecular weight is 243 g/mol. The predicted molar refractivity (Wildman–Crippen MR) is 74.3 cm³/mol. The van der Waals surface area contributed by atoms with Crippen molar-refractivity contribution in [1.29, 1.82) is 0 Å². The van der Waals surface area contributed by atoms with Crippen molar-refractivity contribution in [3.8, 4) is 11.8 Å². The van der Waals surface area contributed by atoms with Crippen LogP contribution in [-0.2, 0) is 4.74 Å². The van der Waals surface area contributed by atoms with Crippen LogP contribution >= 0.6 is 0 Å². The molecule has 0 amide bonds. The van der Waals surface area contributed by atoms with Crippen molar-refractivity contribution in [2.45, 2.75) is 25.9 Å². The maximum atomic E-state index is 5.80. The molecular weight excluding hydrogens is 222 g/mol. The van der Waals surface area contributed by atoms with Crippen molar-refractivity contribution in [3.05, 3.63) is 35.9 Å². The fourth-order valence-corrected chi connectivity index (χ4v) is 2.28. The maximum Gasteiger partial charge on any atom is 0.108 e. The molecule has 96 valence electrons. The van der Waals surface area contributed by atoms with E-state index >= 15 is 0 Å². The minimum absolute atomic E-state index is 0.317. The van der Waals surface area contributed by atoms with Gasteiger partial charge in [0.2, 0.25) is 0 Å². The van der Waals surface area contributed by atoms with Gasteiger partial charge in [-0.05, 0) is 50.9 Å². The van der Waals surface area contributed by atoms with Crippen molar-refractivity contribution in [2.24, 2.45) is 5.92 Å². The zero-order valence-electron chi connectivity index (χ0n) is 11.0. The second kappa shape index (κ2) is 7.20. The lowest BCUT2D eigenvalue weighted by atomic mass is 9.93. The molecule has 0 spiro atoms. The predicted octanol–water partition coefficient (Wildman–Crippen LogP) is 2.44. The number of piperidine rings is 1. The molecule has 1 aliphatic heterocycles. The van der Waals surface area contributed by atoms with Crippen molar-refractivity contribution in [2.75, 3.05) is 19.7 Å². The van der Waals surface area contributed by atoms with Gasteiger partial charge in [0.25, 0.3) is 0 Å². The Labute approximate surface area is 110 Å². The van der Waals surface area contributed by atoms with Gasteiger partial charge in [-0.15, -0.1) is 0 Å². The molecule has 2 rings (SSSR count).